The topological polar surface area (TPSA) is 116 Å². The molecule has 3 amide bonds. The molecule has 4 heterocycles. The van der Waals surface area contributed by atoms with Gasteiger partial charge in [0.15, 0.2) is 11.3 Å². The van der Waals surface area contributed by atoms with Crippen molar-refractivity contribution >= 4 is 39.6 Å². The van der Waals surface area contributed by atoms with Crippen molar-refractivity contribution in [3.63, 3.8) is 0 Å². The number of hydrogen-bond acceptors (Lipinski definition) is 8. The molecule has 0 aromatic carbocycles. The summed E-state index contributed by atoms with van der Waals surface area (Å²) in [6.45, 7) is 7.06. The van der Waals surface area contributed by atoms with Gasteiger partial charge >= 0.3 is 6.03 Å². The van der Waals surface area contributed by atoms with Crippen molar-refractivity contribution in [3.8, 4) is 0 Å². The highest BCUT2D eigenvalue weighted by Gasteiger charge is 2.31. The molecule has 1 aliphatic rings. The van der Waals surface area contributed by atoms with Gasteiger partial charge in [-0.1, -0.05) is 0 Å². The second-order valence-electron chi connectivity index (χ2n) is 7.39. The molecule has 1 unspecified atom stereocenters. The molecule has 1 fully saturated rings. The monoisotopic (exact) mass is 458 g/mol. The second kappa shape index (κ2) is 8.99. The largest absolute Gasteiger partial charge is 0.348 e. The smallest absolute Gasteiger partial charge is 0.318 e. The summed E-state index contributed by atoms with van der Waals surface area (Å²) >= 11 is 1.34. The molecule has 168 valence electrons. The van der Waals surface area contributed by atoms with Crippen molar-refractivity contribution in [3.05, 3.63) is 40.5 Å². The molecule has 1 aliphatic heterocycles. The van der Waals surface area contributed by atoms with Crippen LogP contribution in [0.4, 0.5) is 15.1 Å². The van der Waals surface area contributed by atoms with Crippen LogP contribution in [0.2, 0.25) is 0 Å². The summed E-state index contributed by atoms with van der Waals surface area (Å²) in [6.07, 6.45) is 2.69. The first-order chi connectivity index (χ1) is 15.4. The fourth-order valence-electron chi connectivity index (χ4n) is 3.41. The Bertz CT molecular complexity index is 1170. The van der Waals surface area contributed by atoms with E-state index in [2.05, 4.69) is 30.6 Å². The van der Waals surface area contributed by atoms with E-state index in [1.165, 1.54) is 17.4 Å². The van der Waals surface area contributed by atoms with E-state index in [0.717, 1.165) is 11.2 Å². The number of amides is 3. The average molecular weight is 459 g/mol. The van der Waals surface area contributed by atoms with Gasteiger partial charge in [-0.15, -0.1) is 11.3 Å². The molecule has 1 atom stereocenters. The number of pyridine rings is 1. The molecule has 0 radical (unpaired) electrons. The van der Waals surface area contributed by atoms with E-state index in [1.54, 1.807) is 16.0 Å². The number of urea groups is 1. The van der Waals surface area contributed by atoms with E-state index >= 15 is 0 Å². The molecule has 0 spiro atoms. The number of hydrogen-bond donors (Lipinski definition) is 2. The van der Waals surface area contributed by atoms with Crippen LogP contribution in [0.1, 0.15) is 40.9 Å². The fourth-order valence-corrected chi connectivity index (χ4v) is 4.25. The standard InChI is InChI=1S/C20H23FN8O2S/c1-4-23-20(31)29-6-5-28(10-29)18(30)15-16-17(25-12(3)32-16)27-19(26-15)24-11(2)13-7-14(21)9-22-8-13/h7-9,11H,4-6,10H2,1-3H3,(H,23,31)(H,24,26,27). The Morgan fingerprint density at radius 3 is 2.75 bits per heavy atom. The predicted molar refractivity (Wildman–Crippen MR) is 118 cm³/mol. The molecule has 1 saturated heterocycles. The number of aromatic nitrogens is 4. The molecule has 32 heavy (non-hydrogen) atoms. The summed E-state index contributed by atoms with van der Waals surface area (Å²) in [4.78, 5) is 45.8. The molecule has 0 bridgehead atoms. The highest BCUT2D eigenvalue weighted by molar-refractivity contribution is 7.18. The average Bonchev–Trinajstić information content (AvgIpc) is 3.39. The SMILES string of the molecule is CCNC(=O)N1CCN(C(=O)c2nc(NC(C)c3cncc(F)c3)nc3nc(C)sc23)C1. The van der Waals surface area contributed by atoms with Crippen molar-refractivity contribution in [1.29, 1.82) is 0 Å². The summed E-state index contributed by atoms with van der Waals surface area (Å²) in [5.41, 5.74) is 1.26. The molecule has 12 heteroatoms. The lowest BCUT2D eigenvalue weighted by atomic mass is 10.1. The van der Waals surface area contributed by atoms with Crippen molar-refractivity contribution in [2.75, 3.05) is 31.6 Å². The normalized spacial score (nSPS) is 14.6. The zero-order valence-electron chi connectivity index (χ0n) is 17.9. The number of rotatable bonds is 5. The molecule has 10 nitrogen and oxygen atoms in total. The zero-order valence-corrected chi connectivity index (χ0v) is 18.7. The van der Waals surface area contributed by atoms with Gasteiger partial charge in [-0.25, -0.2) is 19.2 Å². The van der Waals surface area contributed by atoms with Gasteiger partial charge in [0.25, 0.3) is 5.91 Å². The maximum Gasteiger partial charge on any atom is 0.318 e. The maximum atomic E-state index is 13.5. The number of nitrogens with zero attached hydrogens (tertiary/aromatic N) is 6. The molecule has 3 aromatic rings. The Hall–Kier alpha value is -3.41. The minimum atomic E-state index is -0.441. The van der Waals surface area contributed by atoms with Crippen molar-refractivity contribution < 1.29 is 14.0 Å². The van der Waals surface area contributed by atoms with Gasteiger partial charge in [0.2, 0.25) is 5.95 Å². The molecule has 0 aliphatic carbocycles. The van der Waals surface area contributed by atoms with Gasteiger partial charge in [0.1, 0.15) is 10.5 Å². The van der Waals surface area contributed by atoms with Gasteiger partial charge in [-0.05, 0) is 32.4 Å². The molecule has 0 saturated carbocycles. The predicted octanol–water partition coefficient (Wildman–Crippen LogP) is 2.55. The lowest BCUT2D eigenvalue weighted by Gasteiger charge is -2.19. The quantitative estimate of drug-likeness (QED) is 0.604. The van der Waals surface area contributed by atoms with Crippen LogP contribution in [0.5, 0.6) is 0 Å². The van der Waals surface area contributed by atoms with Crippen LogP contribution in [0.3, 0.4) is 0 Å². The first kappa shape index (κ1) is 21.8. The minimum Gasteiger partial charge on any atom is -0.348 e. The number of carbonyl (C=O) groups excluding carboxylic acids is 2. The molecule has 2 N–H and O–H groups in total. The Morgan fingerprint density at radius 1 is 1.22 bits per heavy atom. The van der Waals surface area contributed by atoms with Crippen LogP contribution < -0.4 is 10.6 Å². The summed E-state index contributed by atoms with van der Waals surface area (Å²) in [6, 6.07) is 0.824. The molecule has 3 aromatic heterocycles. The van der Waals surface area contributed by atoms with Gasteiger partial charge in [0, 0.05) is 25.8 Å². The summed E-state index contributed by atoms with van der Waals surface area (Å²) in [5.74, 6) is -0.525. The van der Waals surface area contributed by atoms with Crippen molar-refractivity contribution in [1.82, 2.24) is 35.1 Å². The van der Waals surface area contributed by atoms with Crippen LogP contribution in [-0.2, 0) is 0 Å². The van der Waals surface area contributed by atoms with Gasteiger partial charge in [-0.2, -0.15) is 4.98 Å². The molecular formula is C20H23FN8O2S. The molecular weight excluding hydrogens is 435 g/mol. The first-order valence-corrected chi connectivity index (χ1v) is 11.0. The number of halogens is 1. The maximum absolute atomic E-state index is 13.5. The van der Waals surface area contributed by atoms with E-state index in [4.69, 9.17) is 0 Å². The van der Waals surface area contributed by atoms with Crippen molar-refractivity contribution in [2.45, 2.75) is 26.8 Å². The third-order valence-corrected chi connectivity index (χ3v) is 5.99. The summed E-state index contributed by atoms with van der Waals surface area (Å²) in [7, 11) is 0. The Labute approximate surface area is 187 Å². The Morgan fingerprint density at radius 2 is 2.00 bits per heavy atom. The van der Waals surface area contributed by atoms with Crippen LogP contribution in [0, 0.1) is 12.7 Å². The number of fused-ring (bicyclic) bond motifs is 1. The first-order valence-electron chi connectivity index (χ1n) is 10.2. The number of carbonyl (C=O) groups is 2. The van der Waals surface area contributed by atoms with E-state index in [0.29, 0.717) is 35.5 Å². The van der Waals surface area contributed by atoms with E-state index in [-0.39, 0.29) is 36.3 Å². The van der Waals surface area contributed by atoms with E-state index in [1.807, 2.05) is 20.8 Å². The van der Waals surface area contributed by atoms with Gasteiger partial charge in [-0.3, -0.25) is 9.78 Å². The van der Waals surface area contributed by atoms with Crippen LogP contribution in [-0.4, -0.2) is 68.0 Å². The van der Waals surface area contributed by atoms with E-state index in [9.17, 15) is 14.0 Å². The summed E-state index contributed by atoms with van der Waals surface area (Å²) in [5, 5.41) is 6.61. The van der Waals surface area contributed by atoms with Gasteiger partial charge < -0.3 is 20.4 Å². The van der Waals surface area contributed by atoms with Crippen LogP contribution >= 0.6 is 11.3 Å². The number of aryl methyl sites for hydroxylation is 1. The highest BCUT2D eigenvalue weighted by Crippen LogP contribution is 2.27. The lowest BCUT2D eigenvalue weighted by molar-refractivity contribution is 0.0770. The van der Waals surface area contributed by atoms with E-state index < -0.39 is 5.82 Å². The third kappa shape index (κ3) is 4.44. The second-order valence-corrected chi connectivity index (χ2v) is 8.60. The number of anilines is 1. The Balaban J connectivity index is 1.61. The summed E-state index contributed by atoms with van der Waals surface area (Å²) < 4.78 is 14.1. The number of nitrogens with one attached hydrogen (secondary N) is 2. The fraction of sp³-hybridized carbons (Fsp3) is 0.400. The van der Waals surface area contributed by atoms with Crippen molar-refractivity contribution in [2.24, 2.45) is 0 Å². The van der Waals surface area contributed by atoms with Crippen LogP contribution in [0.15, 0.2) is 18.5 Å². The Kier molecular flexibility index (Phi) is 6.12. The third-order valence-electron chi connectivity index (χ3n) is 5.02. The number of thiazole rings is 1. The zero-order chi connectivity index (χ0) is 22.8. The highest BCUT2D eigenvalue weighted by atomic mass is 32.1. The molecule has 4 rings (SSSR count). The minimum absolute atomic E-state index is 0.183. The van der Waals surface area contributed by atoms with Crippen LogP contribution in [0.25, 0.3) is 10.3 Å². The van der Waals surface area contributed by atoms with Gasteiger partial charge in [0.05, 0.1) is 23.9 Å². The lowest BCUT2D eigenvalue weighted by Crippen LogP contribution is -2.40.